The molecule has 0 saturated heterocycles. The molecule has 0 aromatic heterocycles. The first-order chi connectivity index (χ1) is 13.5. The van der Waals surface area contributed by atoms with Crippen molar-refractivity contribution in [1.29, 1.82) is 0 Å². The van der Waals surface area contributed by atoms with E-state index in [0.29, 0.717) is 27.6 Å². The fourth-order valence-corrected chi connectivity index (χ4v) is 3.59. The molecule has 0 atom stereocenters. The number of hydrogen-bond donors (Lipinski definition) is 3. The standard InChI is InChI=1S/C21H18N2O4S/c1-27-17-7-3-2-6-16(17)23-20(24)19-15(22)5-4-8-18(19)28-14-11-9-13(10-12-14)21(25)26/h2-12H,22H2,1H3,(H,23,24)(H,25,26). The molecule has 0 aliphatic carbocycles. The lowest BCUT2D eigenvalue weighted by Crippen LogP contribution is -2.15. The molecule has 3 aromatic carbocycles. The highest BCUT2D eigenvalue weighted by Gasteiger charge is 2.17. The minimum atomic E-state index is -0.989. The van der Waals surface area contributed by atoms with Crippen molar-refractivity contribution < 1.29 is 19.4 Å². The van der Waals surface area contributed by atoms with E-state index in [1.54, 1.807) is 48.5 Å². The van der Waals surface area contributed by atoms with E-state index in [4.69, 9.17) is 15.6 Å². The number of para-hydroxylation sites is 2. The molecule has 3 rings (SSSR count). The summed E-state index contributed by atoms with van der Waals surface area (Å²) in [7, 11) is 1.53. The summed E-state index contributed by atoms with van der Waals surface area (Å²) in [6, 6.07) is 18.8. The van der Waals surface area contributed by atoms with E-state index in [9.17, 15) is 9.59 Å². The second kappa shape index (κ2) is 8.49. The van der Waals surface area contributed by atoms with Gasteiger partial charge in [0.2, 0.25) is 0 Å². The van der Waals surface area contributed by atoms with Gasteiger partial charge in [0.25, 0.3) is 5.91 Å². The summed E-state index contributed by atoms with van der Waals surface area (Å²) < 4.78 is 5.27. The number of amides is 1. The number of nitrogens with two attached hydrogens (primary N) is 1. The zero-order chi connectivity index (χ0) is 20.1. The van der Waals surface area contributed by atoms with Gasteiger partial charge in [-0.25, -0.2) is 4.79 Å². The number of ether oxygens (including phenoxy) is 1. The number of methoxy groups -OCH3 is 1. The van der Waals surface area contributed by atoms with Gasteiger partial charge in [0, 0.05) is 15.5 Å². The number of benzene rings is 3. The number of carboxylic acids is 1. The van der Waals surface area contributed by atoms with Crippen molar-refractivity contribution in [1.82, 2.24) is 0 Å². The monoisotopic (exact) mass is 394 g/mol. The highest BCUT2D eigenvalue weighted by Crippen LogP contribution is 2.34. The quantitative estimate of drug-likeness (QED) is 0.536. The third kappa shape index (κ3) is 4.27. The zero-order valence-corrected chi connectivity index (χ0v) is 15.8. The minimum Gasteiger partial charge on any atom is -0.495 e. The molecule has 4 N–H and O–H groups in total. The summed E-state index contributed by atoms with van der Waals surface area (Å²) >= 11 is 1.33. The lowest BCUT2D eigenvalue weighted by Gasteiger charge is -2.14. The van der Waals surface area contributed by atoms with Crippen molar-refractivity contribution in [2.45, 2.75) is 9.79 Å². The number of carbonyl (C=O) groups is 2. The van der Waals surface area contributed by atoms with Gasteiger partial charge in [-0.3, -0.25) is 4.79 Å². The maximum atomic E-state index is 12.9. The molecule has 1 amide bonds. The molecule has 0 heterocycles. The number of aromatic carboxylic acids is 1. The van der Waals surface area contributed by atoms with Crippen LogP contribution >= 0.6 is 11.8 Å². The van der Waals surface area contributed by atoms with Gasteiger partial charge in [0.05, 0.1) is 23.9 Å². The van der Waals surface area contributed by atoms with Crippen LogP contribution in [-0.2, 0) is 0 Å². The highest BCUT2D eigenvalue weighted by molar-refractivity contribution is 7.99. The van der Waals surface area contributed by atoms with Crippen LogP contribution in [0.1, 0.15) is 20.7 Å². The van der Waals surface area contributed by atoms with Crippen molar-refractivity contribution >= 4 is 35.0 Å². The molecule has 6 nitrogen and oxygen atoms in total. The van der Waals surface area contributed by atoms with Gasteiger partial charge in [-0.05, 0) is 48.5 Å². The third-order valence-electron chi connectivity index (χ3n) is 3.97. The summed E-state index contributed by atoms with van der Waals surface area (Å²) in [5.41, 5.74) is 7.52. The summed E-state index contributed by atoms with van der Waals surface area (Å²) in [6.07, 6.45) is 0. The van der Waals surface area contributed by atoms with Gasteiger partial charge in [-0.2, -0.15) is 0 Å². The second-order valence-electron chi connectivity index (χ2n) is 5.81. The molecule has 28 heavy (non-hydrogen) atoms. The number of carbonyl (C=O) groups excluding carboxylic acids is 1. The number of carboxylic acid groups (broad SMARTS) is 1. The van der Waals surface area contributed by atoms with Crippen LogP contribution in [0.15, 0.2) is 76.5 Å². The Morgan fingerprint density at radius 2 is 1.71 bits per heavy atom. The zero-order valence-electron chi connectivity index (χ0n) is 15.0. The van der Waals surface area contributed by atoms with Gasteiger partial charge in [-0.1, -0.05) is 30.0 Å². The SMILES string of the molecule is COc1ccccc1NC(=O)c1c(N)cccc1Sc1ccc(C(=O)O)cc1. The third-order valence-corrected chi connectivity index (χ3v) is 5.04. The topological polar surface area (TPSA) is 102 Å². The van der Waals surface area contributed by atoms with E-state index in [-0.39, 0.29) is 11.5 Å². The van der Waals surface area contributed by atoms with Crippen molar-refractivity contribution in [3.05, 3.63) is 77.9 Å². The molecular weight excluding hydrogens is 376 g/mol. The Morgan fingerprint density at radius 3 is 2.39 bits per heavy atom. The summed E-state index contributed by atoms with van der Waals surface area (Å²) in [4.78, 5) is 25.4. The first kappa shape index (κ1) is 19.3. The average Bonchev–Trinajstić information content (AvgIpc) is 2.69. The van der Waals surface area contributed by atoms with Gasteiger partial charge in [0.15, 0.2) is 0 Å². The largest absolute Gasteiger partial charge is 0.495 e. The molecule has 3 aromatic rings. The van der Waals surface area contributed by atoms with E-state index in [1.165, 1.54) is 31.0 Å². The lowest BCUT2D eigenvalue weighted by atomic mass is 10.1. The Labute approximate surface area is 166 Å². The molecule has 0 aliphatic heterocycles. The van der Waals surface area contributed by atoms with Crippen molar-refractivity contribution in [3.8, 4) is 5.75 Å². The van der Waals surface area contributed by atoms with Crippen LogP contribution in [0.4, 0.5) is 11.4 Å². The smallest absolute Gasteiger partial charge is 0.335 e. The number of rotatable bonds is 6. The van der Waals surface area contributed by atoms with Gasteiger partial charge in [-0.15, -0.1) is 0 Å². The van der Waals surface area contributed by atoms with Gasteiger partial charge < -0.3 is 20.9 Å². The second-order valence-corrected chi connectivity index (χ2v) is 6.92. The average molecular weight is 394 g/mol. The van der Waals surface area contributed by atoms with E-state index in [2.05, 4.69) is 5.32 Å². The van der Waals surface area contributed by atoms with Crippen LogP contribution in [0.25, 0.3) is 0 Å². The summed E-state index contributed by atoms with van der Waals surface area (Å²) in [6.45, 7) is 0. The molecule has 0 unspecified atom stereocenters. The van der Waals surface area contributed by atoms with Crippen LogP contribution in [0.5, 0.6) is 5.75 Å². The first-order valence-corrected chi connectivity index (χ1v) is 9.15. The fourth-order valence-electron chi connectivity index (χ4n) is 2.60. The number of hydrogen-bond acceptors (Lipinski definition) is 5. The Hall–Kier alpha value is -3.45. The summed E-state index contributed by atoms with van der Waals surface area (Å²) in [5.74, 6) is -0.798. The fraction of sp³-hybridized carbons (Fsp3) is 0.0476. The molecule has 0 saturated carbocycles. The van der Waals surface area contributed by atoms with E-state index in [0.717, 1.165) is 4.90 Å². The van der Waals surface area contributed by atoms with Crippen molar-refractivity contribution in [2.24, 2.45) is 0 Å². The van der Waals surface area contributed by atoms with Crippen LogP contribution in [0, 0.1) is 0 Å². The summed E-state index contributed by atoms with van der Waals surface area (Å²) in [5, 5.41) is 11.8. The van der Waals surface area contributed by atoms with Gasteiger partial charge in [0.1, 0.15) is 5.75 Å². The van der Waals surface area contributed by atoms with E-state index < -0.39 is 5.97 Å². The molecule has 142 valence electrons. The first-order valence-electron chi connectivity index (χ1n) is 8.33. The van der Waals surface area contributed by atoms with Crippen LogP contribution in [-0.4, -0.2) is 24.1 Å². The normalized spacial score (nSPS) is 10.3. The van der Waals surface area contributed by atoms with Crippen molar-refractivity contribution in [2.75, 3.05) is 18.2 Å². The molecule has 0 aliphatic rings. The number of nitrogens with one attached hydrogen (secondary N) is 1. The Kier molecular flexibility index (Phi) is 5.86. The van der Waals surface area contributed by atoms with E-state index >= 15 is 0 Å². The van der Waals surface area contributed by atoms with Crippen LogP contribution < -0.4 is 15.8 Å². The molecule has 7 heteroatoms. The van der Waals surface area contributed by atoms with Crippen molar-refractivity contribution in [3.63, 3.8) is 0 Å². The highest BCUT2D eigenvalue weighted by atomic mass is 32.2. The molecule has 0 bridgehead atoms. The molecule has 0 fully saturated rings. The Bertz CT molecular complexity index is 1020. The molecular formula is C21H18N2O4S. The molecule has 0 radical (unpaired) electrons. The van der Waals surface area contributed by atoms with Gasteiger partial charge >= 0.3 is 5.97 Å². The molecule has 0 spiro atoms. The predicted octanol–water partition coefficient (Wildman–Crippen LogP) is 4.38. The Balaban J connectivity index is 1.89. The lowest BCUT2D eigenvalue weighted by molar-refractivity contribution is 0.0696. The van der Waals surface area contributed by atoms with Crippen LogP contribution in [0.3, 0.4) is 0 Å². The minimum absolute atomic E-state index is 0.200. The Morgan fingerprint density at radius 1 is 1.00 bits per heavy atom. The maximum Gasteiger partial charge on any atom is 0.335 e. The predicted molar refractivity (Wildman–Crippen MR) is 109 cm³/mol. The number of nitrogen functional groups attached to an aromatic ring is 1. The number of anilines is 2. The maximum absolute atomic E-state index is 12.9. The van der Waals surface area contributed by atoms with E-state index in [1.807, 2.05) is 6.07 Å². The van der Waals surface area contributed by atoms with Crippen LogP contribution in [0.2, 0.25) is 0 Å².